The quantitative estimate of drug-likeness (QED) is 0.541. The van der Waals surface area contributed by atoms with Crippen LogP contribution in [0.25, 0.3) is 0 Å². The normalized spacial score (nSPS) is 13.2. The Labute approximate surface area is 169 Å². The van der Waals surface area contributed by atoms with E-state index in [9.17, 15) is 14.9 Å². The molecular formula is C21H25N3O5. The molecule has 154 valence electrons. The number of methoxy groups -OCH3 is 2. The molecule has 8 heteroatoms. The van der Waals surface area contributed by atoms with E-state index in [4.69, 9.17) is 9.47 Å². The molecule has 0 bridgehead atoms. The molecule has 0 aliphatic carbocycles. The number of carbonyl (C=O) groups excluding carboxylic acids is 1. The Bertz CT molecular complexity index is 877. The first-order valence-corrected chi connectivity index (χ1v) is 9.56. The van der Waals surface area contributed by atoms with E-state index in [1.807, 2.05) is 0 Å². The molecule has 0 spiro atoms. The number of amides is 1. The Morgan fingerprint density at radius 2 is 1.72 bits per heavy atom. The molecule has 2 aromatic rings. The van der Waals surface area contributed by atoms with Crippen molar-refractivity contribution >= 4 is 17.3 Å². The largest absolute Gasteiger partial charge is 0.493 e. The summed E-state index contributed by atoms with van der Waals surface area (Å²) < 4.78 is 10.2. The van der Waals surface area contributed by atoms with Gasteiger partial charge in [-0.2, -0.15) is 0 Å². The standard InChI is InChI=1S/C21H25N3O5/c1-28-19-13-17(18(24(26)27)14-20(19)29-2)21(25)22-10-9-15-5-7-16(8-6-15)23-11-3-4-12-23/h5-8,13-14H,3-4,9-12H2,1-2H3,(H,22,25). The minimum absolute atomic E-state index is 0.0583. The van der Waals surface area contributed by atoms with Crippen LogP contribution >= 0.6 is 0 Å². The van der Waals surface area contributed by atoms with Crippen LogP contribution in [0.2, 0.25) is 0 Å². The van der Waals surface area contributed by atoms with E-state index in [0.717, 1.165) is 18.7 Å². The Hall–Kier alpha value is -3.29. The van der Waals surface area contributed by atoms with E-state index in [2.05, 4.69) is 34.5 Å². The van der Waals surface area contributed by atoms with Gasteiger partial charge in [-0.1, -0.05) is 12.1 Å². The number of nitrogens with one attached hydrogen (secondary N) is 1. The third-order valence-corrected chi connectivity index (χ3v) is 5.05. The number of hydrogen-bond acceptors (Lipinski definition) is 6. The summed E-state index contributed by atoms with van der Waals surface area (Å²) in [7, 11) is 2.80. The molecule has 1 aliphatic rings. The Morgan fingerprint density at radius 1 is 1.10 bits per heavy atom. The van der Waals surface area contributed by atoms with Gasteiger partial charge in [-0.15, -0.1) is 0 Å². The second kappa shape index (κ2) is 9.27. The van der Waals surface area contributed by atoms with Crippen LogP contribution < -0.4 is 19.7 Å². The summed E-state index contributed by atoms with van der Waals surface area (Å²) in [5.74, 6) is -0.0547. The van der Waals surface area contributed by atoms with Gasteiger partial charge in [-0.25, -0.2) is 0 Å². The third kappa shape index (κ3) is 4.77. The van der Waals surface area contributed by atoms with Crippen molar-refractivity contribution in [3.05, 3.63) is 57.6 Å². The number of carbonyl (C=O) groups is 1. The average Bonchev–Trinajstić information content (AvgIpc) is 3.28. The minimum Gasteiger partial charge on any atom is -0.493 e. The Morgan fingerprint density at radius 3 is 2.31 bits per heavy atom. The van der Waals surface area contributed by atoms with Crippen molar-refractivity contribution in [1.82, 2.24) is 5.32 Å². The lowest BCUT2D eigenvalue weighted by Gasteiger charge is -2.17. The molecule has 8 nitrogen and oxygen atoms in total. The summed E-state index contributed by atoms with van der Waals surface area (Å²) >= 11 is 0. The van der Waals surface area contributed by atoms with Gasteiger partial charge in [0.15, 0.2) is 11.5 Å². The highest BCUT2D eigenvalue weighted by molar-refractivity contribution is 5.99. The van der Waals surface area contributed by atoms with Crippen molar-refractivity contribution in [2.24, 2.45) is 0 Å². The molecule has 1 heterocycles. The van der Waals surface area contributed by atoms with Gasteiger partial charge >= 0.3 is 0 Å². The molecule has 3 rings (SSSR count). The maximum absolute atomic E-state index is 12.5. The number of anilines is 1. The van der Waals surface area contributed by atoms with Crippen molar-refractivity contribution in [1.29, 1.82) is 0 Å². The van der Waals surface area contributed by atoms with E-state index in [-0.39, 0.29) is 22.7 Å². The predicted molar refractivity (Wildman–Crippen MR) is 110 cm³/mol. The monoisotopic (exact) mass is 399 g/mol. The first-order valence-electron chi connectivity index (χ1n) is 9.56. The van der Waals surface area contributed by atoms with E-state index in [1.54, 1.807) is 0 Å². The highest BCUT2D eigenvalue weighted by atomic mass is 16.6. The van der Waals surface area contributed by atoms with Crippen molar-refractivity contribution in [2.75, 3.05) is 38.8 Å². The molecule has 0 atom stereocenters. The number of nitro benzene ring substituents is 1. The van der Waals surface area contributed by atoms with Crippen LogP contribution in [0.15, 0.2) is 36.4 Å². The van der Waals surface area contributed by atoms with Crippen LogP contribution in [0, 0.1) is 10.1 Å². The smallest absolute Gasteiger partial charge is 0.286 e. The summed E-state index contributed by atoms with van der Waals surface area (Å²) in [5, 5.41) is 14.1. The Balaban J connectivity index is 1.63. The van der Waals surface area contributed by atoms with Gasteiger partial charge in [0.05, 0.1) is 25.2 Å². The van der Waals surface area contributed by atoms with Crippen LogP contribution in [-0.4, -0.2) is 44.7 Å². The highest BCUT2D eigenvalue weighted by Gasteiger charge is 2.24. The highest BCUT2D eigenvalue weighted by Crippen LogP contribution is 2.34. The van der Waals surface area contributed by atoms with Crippen LogP contribution in [0.3, 0.4) is 0 Å². The fraction of sp³-hybridized carbons (Fsp3) is 0.381. The summed E-state index contributed by atoms with van der Waals surface area (Å²) in [6.45, 7) is 2.56. The first-order chi connectivity index (χ1) is 14.0. The minimum atomic E-state index is -0.603. The van der Waals surface area contributed by atoms with Crippen LogP contribution in [0.4, 0.5) is 11.4 Å². The second-order valence-electron chi connectivity index (χ2n) is 6.85. The number of nitro groups is 1. The summed E-state index contributed by atoms with van der Waals surface area (Å²) in [6, 6.07) is 10.8. The predicted octanol–water partition coefficient (Wildman–Crippen LogP) is 3.18. The van der Waals surface area contributed by atoms with Crippen molar-refractivity contribution in [3.8, 4) is 11.5 Å². The number of benzene rings is 2. The van der Waals surface area contributed by atoms with Crippen molar-refractivity contribution < 1.29 is 19.2 Å². The topological polar surface area (TPSA) is 93.9 Å². The lowest BCUT2D eigenvalue weighted by molar-refractivity contribution is -0.385. The molecular weight excluding hydrogens is 374 g/mol. The van der Waals surface area contributed by atoms with E-state index in [0.29, 0.717) is 13.0 Å². The molecule has 29 heavy (non-hydrogen) atoms. The van der Waals surface area contributed by atoms with Crippen LogP contribution in [0.1, 0.15) is 28.8 Å². The molecule has 1 N–H and O–H groups in total. The molecule has 2 aromatic carbocycles. The fourth-order valence-electron chi connectivity index (χ4n) is 3.47. The fourth-order valence-corrected chi connectivity index (χ4v) is 3.47. The zero-order valence-corrected chi connectivity index (χ0v) is 16.6. The maximum Gasteiger partial charge on any atom is 0.286 e. The SMILES string of the molecule is COc1cc(C(=O)NCCc2ccc(N3CCCC3)cc2)c([N+](=O)[O-])cc1OC. The van der Waals surface area contributed by atoms with Gasteiger partial charge in [0.25, 0.3) is 11.6 Å². The number of ether oxygens (including phenoxy) is 2. The van der Waals surface area contributed by atoms with Gasteiger partial charge in [-0.3, -0.25) is 14.9 Å². The van der Waals surface area contributed by atoms with Gasteiger partial charge in [0.1, 0.15) is 5.56 Å². The van der Waals surface area contributed by atoms with Gasteiger partial charge in [-0.05, 0) is 37.0 Å². The molecule has 1 amide bonds. The van der Waals surface area contributed by atoms with Crippen molar-refractivity contribution in [3.63, 3.8) is 0 Å². The van der Waals surface area contributed by atoms with E-state index >= 15 is 0 Å². The molecule has 0 aromatic heterocycles. The Kier molecular flexibility index (Phi) is 6.54. The summed E-state index contributed by atoms with van der Waals surface area (Å²) in [5.41, 5.74) is 1.93. The molecule has 0 radical (unpaired) electrons. The van der Waals surface area contributed by atoms with E-state index < -0.39 is 10.8 Å². The molecule has 0 unspecified atom stereocenters. The van der Waals surface area contributed by atoms with Gasteiger partial charge in [0, 0.05) is 31.4 Å². The molecule has 1 fully saturated rings. The van der Waals surface area contributed by atoms with Crippen LogP contribution in [-0.2, 0) is 6.42 Å². The van der Waals surface area contributed by atoms with Crippen molar-refractivity contribution in [2.45, 2.75) is 19.3 Å². The number of nitrogens with zero attached hydrogens (tertiary/aromatic N) is 2. The maximum atomic E-state index is 12.5. The van der Waals surface area contributed by atoms with Crippen LogP contribution in [0.5, 0.6) is 11.5 Å². The van der Waals surface area contributed by atoms with Gasteiger partial charge < -0.3 is 19.7 Å². The second-order valence-corrected chi connectivity index (χ2v) is 6.85. The average molecular weight is 399 g/mol. The zero-order valence-electron chi connectivity index (χ0n) is 16.6. The molecule has 0 saturated carbocycles. The first kappa shape index (κ1) is 20.4. The lowest BCUT2D eigenvalue weighted by atomic mass is 10.1. The molecule has 1 saturated heterocycles. The number of rotatable bonds is 8. The summed E-state index contributed by atoms with van der Waals surface area (Å²) in [4.78, 5) is 25.7. The zero-order chi connectivity index (χ0) is 20.8. The number of hydrogen-bond donors (Lipinski definition) is 1. The third-order valence-electron chi connectivity index (χ3n) is 5.05. The van der Waals surface area contributed by atoms with Gasteiger partial charge in [0.2, 0.25) is 0 Å². The van der Waals surface area contributed by atoms with E-state index in [1.165, 1.54) is 44.9 Å². The summed E-state index contributed by atoms with van der Waals surface area (Å²) in [6.07, 6.45) is 3.10. The lowest BCUT2D eigenvalue weighted by Crippen LogP contribution is -2.26. The molecule has 1 aliphatic heterocycles.